The second-order valence-corrected chi connectivity index (χ2v) is 9.32. The van der Waals surface area contributed by atoms with E-state index in [-0.39, 0.29) is 43.2 Å². The molecular formula is C29H24F2N4O4. The molecular weight excluding hydrogens is 506 g/mol. The highest BCUT2D eigenvalue weighted by Crippen LogP contribution is 2.30. The standard InChI is InChI=1S/C29H24F2N4O4/c30-22-5-1-19(2-6-22)13-21-15-26(35(29(21)38)28(37)16-34-18-32-17-33-34)27(36)14-20-3-9-24(10-4-20)39-25-11-7-23(31)8-12-25/h1-12,17-18,21,26H,13-16H2/t21-,26+/m1/s1. The van der Waals surface area contributed by atoms with Gasteiger partial charge in [0.05, 0.1) is 6.04 Å². The third kappa shape index (κ3) is 6.23. The second-order valence-electron chi connectivity index (χ2n) is 9.32. The molecule has 4 aromatic rings. The Labute approximate surface area is 222 Å². The number of benzene rings is 3. The van der Waals surface area contributed by atoms with Crippen molar-refractivity contribution < 1.29 is 27.9 Å². The fourth-order valence-corrected chi connectivity index (χ4v) is 4.64. The van der Waals surface area contributed by atoms with E-state index in [1.807, 2.05) is 0 Å². The summed E-state index contributed by atoms with van der Waals surface area (Å²) < 4.78 is 33.5. The molecule has 1 aromatic heterocycles. The lowest BCUT2D eigenvalue weighted by atomic mass is 9.93. The van der Waals surface area contributed by atoms with Crippen molar-refractivity contribution in [2.24, 2.45) is 5.92 Å². The SMILES string of the molecule is O=C(Cc1ccc(Oc2ccc(F)cc2)cc1)[C@@H]1C[C@@H](Cc2ccc(F)cc2)C(=O)N1C(=O)Cn1cncn1. The summed E-state index contributed by atoms with van der Waals surface area (Å²) in [4.78, 5) is 44.8. The Bertz CT molecular complexity index is 1460. The van der Waals surface area contributed by atoms with Crippen molar-refractivity contribution in [3.8, 4) is 11.5 Å². The Morgan fingerprint density at radius 3 is 2.08 bits per heavy atom. The number of aromatic nitrogens is 3. The van der Waals surface area contributed by atoms with Crippen LogP contribution in [0.15, 0.2) is 85.5 Å². The molecule has 2 amide bonds. The number of ether oxygens (including phenoxy) is 1. The molecule has 0 unspecified atom stereocenters. The molecule has 2 atom stereocenters. The number of Topliss-reactive ketones (excluding diaryl/α,β-unsaturated/α-hetero) is 1. The maximum atomic E-state index is 13.4. The van der Waals surface area contributed by atoms with Crippen LogP contribution < -0.4 is 4.74 Å². The highest BCUT2D eigenvalue weighted by Gasteiger charge is 2.45. The van der Waals surface area contributed by atoms with Gasteiger partial charge in [0.1, 0.15) is 42.3 Å². The molecule has 5 rings (SSSR count). The Kier molecular flexibility index (Phi) is 7.53. The molecule has 2 heterocycles. The topological polar surface area (TPSA) is 94.4 Å². The van der Waals surface area contributed by atoms with E-state index in [2.05, 4.69) is 10.1 Å². The molecule has 1 aliphatic heterocycles. The van der Waals surface area contributed by atoms with Gasteiger partial charge in [0, 0.05) is 12.3 Å². The number of carbonyl (C=O) groups excluding carboxylic acids is 3. The summed E-state index contributed by atoms with van der Waals surface area (Å²) in [6, 6.07) is 17.3. The molecule has 198 valence electrons. The van der Waals surface area contributed by atoms with Crippen molar-refractivity contribution in [1.29, 1.82) is 0 Å². The molecule has 1 saturated heterocycles. The summed E-state index contributed by atoms with van der Waals surface area (Å²) in [6.07, 6.45) is 3.10. The number of ketones is 1. The van der Waals surface area contributed by atoms with Gasteiger partial charge in [-0.15, -0.1) is 0 Å². The van der Waals surface area contributed by atoms with Gasteiger partial charge in [0.25, 0.3) is 5.91 Å². The largest absolute Gasteiger partial charge is 0.457 e. The monoisotopic (exact) mass is 530 g/mol. The third-order valence-electron chi connectivity index (χ3n) is 6.56. The van der Waals surface area contributed by atoms with Gasteiger partial charge in [-0.05, 0) is 72.5 Å². The van der Waals surface area contributed by atoms with Gasteiger partial charge in [0.2, 0.25) is 5.91 Å². The molecule has 0 saturated carbocycles. The van der Waals surface area contributed by atoms with Crippen molar-refractivity contribution in [2.75, 3.05) is 0 Å². The highest BCUT2D eigenvalue weighted by molar-refractivity contribution is 6.04. The molecule has 8 nitrogen and oxygen atoms in total. The first-order chi connectivity index (χ1) is 18.9. The minimum atomic E-state index is -0.936. The predicted molar refractivity (Wildman–Crippen MR) is 136 cm³/mol. The first-order valence-corrected chi connectivity index (χ1v) is 12.3. The van der Waals surface area contributed by atoms with Gasteiger partial charge in [-0.2, -0.15) is 5.10 Å². The number of carbonyl (C=O) groups is 3. The van der Waals surface area contributed by atoms with E-state index < -0.39 is 23.8 Å². The minimum Gasteiger partial charge on any atom is -0.457 e. The Morgan fingerprint density at radius 2 is 1.46 bits per heavy atom. The van der Waals surface area contributed by atoms with Crippen LogP contribution in [0.4, 0.5) is 8.78 Å². The number of hydrogen-bond acceptors (Lipinski definition) is 6. The quantitative estimate of drug-likeness (QED) is 0.323. The van der Waals surface area contributed by atoms with Crippen LogP contribution in [-0.2, 0) is 33.8 Å². The highest BCUT2D eigenvalue weighted by atomic mass is 19.1. The van der Waals surface area contributed by atoms with E-state index in [1.54, 1.807) is 36.4 Å². The first kappa shape index (κ1) is 25.9. The average Bonchev–Trinajstić information content (AvgIpc) is 3.55. The molecule has 1 aliphatic rings. The number of hydrogen-bond donors (Lipinski definition) is 0. The molecule has 0 spiro atoms. The smallest absolute Gasteiger partial charge is 0.251 e. The van der Waals surface area contributed by atoms with Gasteiger partial charge in [-0.1, -0.05) is 24.3 Å². The summed E-state index contributed by atoms with van der Waals surface area (Å²) in [5, 5.41) is 3.92. The molecule has 0 bridgehead atoms. The van der Waals surface area contributed by atoms with E-state index in [1.165, 1.54) is 53.7 Å². The number of imide groups is 1. The fourth-order valence-electron chi connectivity index (χ4n) is 4.64. The number of nitrogens with zero attached hydrogens (tertiary/aromatic N) is 4. The Morgan fingerprint density at radius 1 is 0.872 bits per heavy atom. The Hall–Kier alpha value is -4.73. The van der Waals surface area contributed by atoms with Crippen LogP contribution in [0.25, 0.3) is 0 Å². The summed E-state index contributed by atoms with van der Waals surface area (Å²) in [6.45, 7) is -0.228. The van der Waals surface area contributed by atoms with Crippen molar-refractivity contribution in [3.63, 3.8) is 0 Å². The zero-order chi connectivity index (χ0) is 27.4. The van der Waals surface area contributed by atoms with Gasteiger partial charge < -0.3 is 4.74 Å². The number of amides is 2. The second kappa shape index (κ2) is 11.3. The number of likely N-dealkylation sites (tertiary alicyclic amines) is 1. The summed E-state index contributed by atoms with van der Waals surface area (Å²) in [7, 11) is 0. The van der Waals surface area contributed by atoms with Crippen LogP contribution in [0.3, 0.4) is 0 Å². The molecule has 0 N–H and O–H groups in total. The van der Waals surface area contributed by atoms with Crippen molar-refractivity contribution in [3.05, 3.63) is 108 Å². The molecule has 0 aliphatic carbocycles. The zero-order valence-corrected chi connectivity index (χ0v) is 20.7. The van der Waals surface area contributed by atoms with Crippen molar-refractivity contribution in [2.45, 2.75) is 31.8 Å². The summed E-state index contributed by atoms with van der Waals surface area (Å²) in [5.74, 6) is -1.63. The van der Waals surface area contributed by atoms with E-state index in [9.17, 15) is 23.2 Å². The van der Waals surface area contributed by atoms with Gasteiger partial charge >= 0.3 is 0 Å². The van der Waals surface area contributed by atoms with Crippen molar-refractivity contribution in [1.82, 2.24) is 19.7 Å². The Balaban J connectivity index is 1.30. The number of rotatable bonds is 9. The van der Waals surface area contributed by atoms with Gasteiger partial charge in [-0.3, -0.25) is 19.3 Å². The lowest BCUT2D eigenvalue weighted by Gasteiger charge is -2.22. The van der Waals surface area contributed by atoms with E-state index in [0.29, 0.717) is 17.1 Å². The lowest BCUT2D eigenvalue weighted by molar-refractivity contribution is -0.148. The van der Waals surface area contributed by atoms with Crippen LogP contribution in [0.1, 0.15) is 17.5 Å². The zero-order valence-electron chi connectivity index (χ0n) is 20.7. The molecule has 39 heavy (non-hydrogen) atoms. The van der Waals surface area contributed by atoms with E-state index in [4.69, 9.17) is 4.74 Å². The van der Waals surface area contributed by atoms with Crippen LogP contribution in [-0.4, -0.2) is 43.3 Å². The first-order valence-electron chi connectivity index (χ1n) is 12.3. The van der Waals surface area contributed by atoms with Gasteiger partial charge in [0.15, 0.2) is 5.78 Å². The molecule has 0 radical (unpaired) electrons. The molecule has 1 fully saturated rings. The summed E-state index contributed by atoms with van der Waals surface area (Å²) in [5.41, 5.74) is 1.42. The summed E-state index contributed by atoms with van der Waals surface area (Å²) >= 11 is 0. The van der Waals surface area contributed by atoms with Crippen LogP contribution in [0, 0.1) is 17.6 Å². The molecule has 3 aromatic carbocycles. The van der Waals surface area contributed by atoms with Gasteiger partial charge in [-0.25, -0.2) is 18.4 Å². The van der Waals surface area contributed by atoms with Crippen molar-refractivity contribution >= 4 is 17.6 Å². The lowest BCUT2D eigenvalue weighted by Crippen LogP contribution is -2.45. The molecule has 10 heteroatoms. The van der Waals surface area contributed by atoms with Crippen LogP contribution in [0.5, 0.6) is 11.5 Å². The van der Waals surface area contributed by atoms with Crippen LogP contribution >= 0.6 is 0 Å². The number of halogens is 2. The van der Waals surface area contributed by atoms with E-state index >= 15 is 0 Å². The fraction of sp³-hybridized carbons (Fsp3) is 0.207. The minimum absolute atomic E-state index is 0.00511. The maximum Gasteiger partial charge on any atom is 0.251 e. The van der Waals surface area contributed by atoms with E-state index in [0.717, 1.165) is 10.5 Å². The maximum absolute atomic E-state index is 13.4. The normalized spacial score (nSPS) is 16.9. The average molecular weight is 531 g/mol. The van der Waals surface area contributed by atoms with Crippen LogP contribution in [0.2, 0.25) is 0 Å². The third-order valence-corrected chi connectivity index (χ3v) is 6.56. The predicted octanol–water partition coefficient (Wildman–Crippen LogP) is 4.15.